The molecular weight excluding hydrogens is 403 g/mol. The molecule has 32 heavy (non-hydrogen) atoms. The van der Waals surface area contributed by atoms with Gasteiger partial charge in [-0.15, -0.1) is 9.24 Å². The van der Waals surface area contributed by atoms with Gasteiger partial charge in [0.1, 0.15) is 0 Å². The van der Waals surface area contributed by atoms with E-state index in [0.29, 0.717) is 5.16 Å². The van der Waals surface area contributed by atoms with Gasteiger partial charge in [-0.25, -0.2) is 0 Å². The maximum absolute atomic E-state index is 3.27. The summed E-state index contributed by atoms with van der Waals surface area (Å²) in [5.74, 6) is 0. The highest BCUT2D eigenvalue weighted by atomic mass is 31.0. The van der Waals surface area contributed by atoms with Crippen molar-refractivity contribution in [1.29, 1.82) is 0 Å². The van der Waals surface area contributed by atoms with Gasteiger partial charge < -0.3 is 0 Å². The molecule has 0 aliphatic rings. The fourth-order valence-corrected chi connectivity index (χ4v) is 5.52. The van der Waals surface area contributed by atoms with Gasteiger partial charge in [-0.05, 0) is 24.4 Å². The monoisotopic (exact) mass is 468 g/mol. The molecule has 0 aliphatic heterocycles. The van der Waals surface area contributed by atoms with Gasteiger partial charge in [-0.3, -0.25) is 0 Å². The first-order valence-corrected chi connectivity index (χ1v) is 16.0. The second-order valence-corrected chi connectivity index (χ2v) is 12.2. The van der Waals surface area contributed by atoms with Crippen molar-refractivity contribution in [3.05, 3.63) is 0 Å². The van der Waals surface area contributed by atoms with Gasteiger partial charge in [0.15, 0.2) is 0 Å². The lowest BCUT2D eigenvalue weighted by atomic mass is 9.91. The van der Waals surface area contributed by atoms with E-state index in [1.54, 1.807) is 0 Å². The Hall–Kier alpha value is 0.430. The zero-order valence-corrected chi connectivity index (χ0v) is 24.3. The van der Waals surface area contributed by atoms with Crippen LogP contribution >= 0.6 is 9.24 Å². The Kier molecular flexibility index (Phi) is 26.4. The minimum absolute atomic E-state index is 0.539. The van der Waals surface area contributed by atoms with Crippen LogP contribution in [0.4, 0.5) is 0 Å². The molecule has 0 amide bonds. The highest BCUT2D eigenvalue weighted by Crippen LogP contribution is 2.35. The number of rotatable bonds is 27. The summed E-state index contributed by atoms with van der Waals surface area (Å²) in [6, 6.07) is 0. The van der Waals surface area contributed by atoms with Crippen molar-refractivity contribution in [2.24, 2.45) is 0 Å². The van der Waals surface area contributed by atoms with Crippen molar-refractivity contribution in [2.45, 2.75) is 199 Å². The molecule has 0 aromatic carbocycles. The van der Waals surface area contributed by atoms with E-state index < -0.39 is 0 Å². The van der Waals surface area contributed by atoms with E-state index in [9.17, 15) is 0 Å². The van der Waals surface area contributed by atoms with Gasteiger partial charge in [0.2, 0.25) is 0 Å². The maximum Gasteiger partial charge on any atom is -0.0153 e. The third-order valence-corrected chi connectivity index (χ3v) is 8.75. The summed E-state index contributed by atoms with van der Waals surface area (Å²) in [6.45, 7) is 7.02. The minimum atomic E-state index is 0.539. The maximum atomic E-state index is 3.27. The smallest absolute Gasteiger partial charge is 0.0153 e. The summed E-state index contributed by atoms with van der Waals surface area (Å²) >= 11 is 0. The summed E-state index contributed by atoms with van der Waals surface area (Å²) in [4.78, 5) is 0. The van der Waals surface area contributed by atoms with Crippen molar-refractivity contribution in [2.75, 3.05) is 0 Å². The Morgan fingerprint density at radius 3 is 0.781 bits per heavy atom. The summed E-state index contributed by atoms with van der Waals surface area (Å²) in [5, 5.41) is 0.539. The van der Waals surface area contributed by atoms with Gasteiger partial charge in [0.05, 0.1) is 0 Å². The first-order chi connectivity index (χ1) is 15.7. The van der Waals surface area contributed by atoms with Crippen LogP contribution in [0.3, 0.4) is 0 Å². The molecule has 0 bridgehead atoms. The van der Waals surface area contributed by atoms with Crippen LogP contribution in [0, 0.1) is 0 Å². The topological polar surface area (TPSA) is 0 Å². The van der Waals surface area contributed by atoms with Crippen molar-refractivity contribution in [3.63, 3.8) is 0 Å². The predicted molar refractivity (Wildman–Crippen MR) is 154 cm³/mol. The van der Waals surface area contributed by atoms with Gasteiger partial charge in [0.25, 0.3) is 0 Å². The minimum Gasteiger partial charge on any atom is -0.131 e. The summed E-state index contributed by atoms with van der Waals surface area (Å²) < 4.78 is 0. The summed E-state index contributed by atoms with van der Waals surface area (Å²) in [5.41, 5.74) is 0. The van der Waals surface area contributed by atoms with Gasteiger partial charge in [-0.1, -0.05) is 175 Å². The summed E-state index contributed by atoms with van der Waals surface area (Å²) in [6.07, 6.45) is 39.2. The van der Waals surface area contributed by atoms with E-state index in [1.165, 1.54) is 173 Å². The predicted octanol–water partition coefficient (Wildman–Crippen LogP) is 12.2. The van der Waals surface area contributed by atoms with Crippen LogP contribution in [0.1, 0.15) is 194 Å². The van der Waals surface area contributed by atoms with Crippen LogP contribution in [-0.4, -0.2) is 5.16 Å². The fourth-order valence-electron chi connectivity index (χ4n) is 5.11. The van der Waals surface area contributed by atoms with Gasteiger partial charge >= 0.3 is 0 Å². The van der Waals surface area contributed by atoms with Gasteiger partial charge in [-0.2, -0.15) is 0 Å². The van der Waals surface area contributed by atoms with Crippen LogP contribution in [-0.2, 0) is 0 Å². The van der Waals surface area contributed by atoms with Crippen molar-refractivity contribution >= 4 is 9.24 Å². The van der Waals surface area contributed by atoms with Crippen LogP contribution in [0.15, 0.2) is 0 Å². The van der Waals surface area contributed by atoms with E-state index in [0.717, 1.165) is 0 Å². The molecule has 0 rings (SSSR count). The van der Waals surface area contributed by atoms with E-state index >= 15 is 0 Å². The first-order valence-electron chi connectivity index (χ1n) is 15.5. The van der Waals surface area contributed by atoms with Crippen LogP contribution < -0.4 is 0 Å². The Labute approximate surface area is 208 Å². The molecule has 0 nitrogen and oxygen atoms in total. The Bertz CT molecular complexity index is 309. The van der Waals surface area contributed by atoms with E-state index in [-0.39, 0.29) is 0 Å². The quantitative estimate of drug-likeness (QED) is 0.0830. The van der Waals surface area contributed by atoms with Crippen molar-refractivity contribution in [3.8, 4) is 0 Å². The number of hydrogen-bond acceptors (Lipinski definition) is 0. The third kappa shape index (κ3) is 23.6. The molecule has 0 aliphatic carbocycles. The molecule has 0 aromatic rings. The molecular formula is C31H65P. The Balaban J connectivity index is 3.43. The van der Waals surface area contributed by atoms with E-state index in [4.69, 9.17) is 0 Å². The molecule has 0 fully saturated rings. The number of hydrogen-bond donors (Lipinski definition) is 0. The number of unbranched alkanes of at least 4 members (excludes halogenated alkanes) is 22. The molecule has 1 unspecified atom stereocenters. The fraction of sp³-hybridized carbons (Fsp3) is 1.00. The Morgan fingerprint density at radius 1 is 0.344 bits per heavy atom. The largest absolute Gasteiger partial charge is 0.131 e. The normalized spacial score (nSPS) is 12.0. The lowest BCUT2D eigenvalue weighted by Gasteiger charge is -2.28. The zero-order valence-electron chi connectivity index (χ0n) is 23.2. The molecule has 0 aromatic heterocycles. The molecule has 0 heterocycles. The van der Waals surface area contributed by atoms with Gasteiger partial charge in [0, 0.05) is 0 Å². The van der Waals surface area contributed by atoms with Crippen LogP contribution in [0.2, 0.25) is 0 Å². The van der Waals surface area contributed by atoms with Crippen molar-refractivity contribution in [1.82, 2.24) is 0 Å². The highest BCUT2D eigenvalue weighted by Gasteiger charge is 2.20. The highest BCUT2D eigenvalue weighted by molar-refractivity contribution is 7.18. The molecule has 1 heteroatoms. The molecule has 1 atom stereocenters. The second kappa shape index (κ2) is 26.0. The van der Waals surface area contributed by atoms with Crippen LogP contribution in [0.25, 0.3) is 0 Å². The average Bonchev–Trinajstić information content (AvgIpc) is 2.80. The zero-order chi connectivity index (χ0) is 23.6. The molecule has 0 saturated carbocycles. The molecule has 0 radical (unpaired) electrons. The molecule has 0 saturated heterocycles. The van der Waals surface area contributed by atoms with Crippen molar-refractivity contribution < 1.29 is 0 Å². The lowest BCUT2D eigenvalue weighted by Crippen LogP contribution is -2.19. The standard InChI is InChI=1S/C31H65P/c1-4-7-9-11-13-15-17-19-21-23-25-27-29-31(32,6-3)30-28-26-24-22-20-18-16-14-12-10-8-5-2/h4-30,32H2,1-3H3. The van der Waals surface area contributed by atoms with E-state index in [1.807, 2.05) is 0 Å². The Morgan fingerprint density at radius 2 is 0.562 bits per heavy atom. The molecule has 194 valence electrons. The molecule has 0 N–H and O–H groups in total. The summed E-state index contributed by atoms with van der Waals surface area (Å²) in [7, 11) is 3.27. The van der Waals surface area contributed by atoms with Crippen LogP contribution in [0.5, 0.6) is 0 Å². The average molecular weight is 469 g/mol. The SMILES string of the molecule is CCCCCCCCCCCCCCC(P)(CC)CCCCCCCCCCCCCC. The molecule has 0 spiro atoms. The first kappa shape index (κ1) is 32.4. The second-order valence-electron chi connectivity index (χ2n) is 11.0. The van der Waals surface area contributed by atoms with E-state index in [2.05, 4.69) is 30.0 Å². The lowest BCUT2D eigenvalue weighted by molar-refractivity contribution is 0.429. The third-order valence-electron chi connectivity index (χ3n) is 7.76.